The van der Waals surface area contributed by atoms with Crippen molar-refractivity contribution in [2.75, 3.05) is 13.1 Å². The minimum Gasteiger partial charge on any atom is -0.435 e. The van der Waals surface area contributed by atoms with E-state index in [1.807, 2.05) is 0 Å². The number of ether oxygens (including phenoxy) is 1. The van der Waals surface area contributed by atoms with Crippen LogP contribution in [0, 0.1) is 0 Å². The van der Waals surface area contributed by atoms with Gasteiger partial charge in [0, 0.05) is 18.2 Å². The molecule has 0 aromatic heterocycles. The number of carbonyl (C=O) groups excluding carboxylic acids is 1. The van der Waals surface area contributed by atoms with Crippen molar-refractivity contribution in [3.8, 4) is 5.75 Å². The van der Waals surface area contributed by atoms with Crippen LogP contribution in [0.5, 0.6) is 5.75 Å². The Labute approximate surface area is 128 Å². The average Bonchev–Trinajstić information content (AvgIpc) is 2.91. The molecule has 0 aliphatic carbocycles. The van der Waals surface area contributed by atoms with E-state index in [1.165, 1.54) is 6.07 Å². The summed E-state index contributed by atoms with van der Waals surface area (Å²) in [4.78, 5) is 11.8. The zero-order valence-electron chi connectivity index (χ0n) is 11.5. The van der Waals surface area contributed by atoms with Crippen LogP contribution in [0.15, 0.2) is 24.3 Å². The number of halogens is 3. The highest BCUT2D eigenvalue weighted by molar-refractivity contribution is 5.85. The Morgan fingerprint density at radius 3 is 2.86 bits per heavy atom. The number of hydrogen-bond acceptors (Lipinski definition) is 3. The summed E-state index contributed by atoms with van der Waals surface area (Å²) in [7, 11) is 0. The third kappa shape index (κ3) is 5.85. The summed E-state index contributed by atoms with van der Waals surface area (Å²) in [6.45, 7) is -1.34. The molecule has 0 saturated carbocycles. The second kappa shape index (κ2) is 8.79. The summed E-state index contributed by atoms with van der Waals surface area (Å²) in [5.41, 5.74) is 0.463. The Morgan fingerprint density at radius 2 is 2.19 bits per heavy atom. The quantitative estimate of drug-likeness (QED) is 0.844. The van der Waals surface area contributed by atoms with E-state index in [0.29, 0.717) is 18.2 Å². The van der Waals surface area contributed by atoms with Crippen LogP contribution < -0.4 is 15.4 Å². The molecule has 0 radical (unpaired) electrons. The molecular formula is C14H19ClF2N2O2. The molecule has 1 saturated heterocycles. The Morgan fingerprint density at radius 1 is 1.43 bits per heavy atom. The van der Waals surface area contributed by atoms with Crippen molar-refractivity contribution < 1.29 is 18.3 Å². The number of benzene rings is 1. The Balaban J connectivity index is 0.00000220. The summed E-state index contributed by atoms with van der Waals surface area (Å²) < 4.78 is 28.9. The van der Waals surface area contributed by atoms with E-state index in [4.69, 9.17) is 0 Å². The Kier molecular flexibility index (Phi) is 7.39. The van der Waals surface area contributed by atoms with Gasteiger partial charge in [0.25, 0.3) is 0 Å². The van der Waals surface area contributed by atoms with Crippen LogP contribution in [-0.2, 0) is 11.2 Å². The lowest BCUT2D eigenvalue weighted by atomic mass is 10.1. The summed E-state index contributed by atoms with van der Waals surface area (Å²) in [5.74, 6) is -0.138. The van der Waals surface area contributed by atoms with Crippen LogP contribution in [0.3, 0.4) is 0 Å². The minimum absolute atomic E-state index is 0. The summed E-state index contributed by atoms with van der Waals surface area (Å²) in [6.07, 6.45) is 2.20. The molecule has 1 aromatic carbocycles. The van der Waals surface area contributed by atoms with Crippen LogP contribution >= 0.6 is 12.4 Å². The fourth-order valence-corrected chi connectivity index (χ4v) is 2.26. The van der Waals surface area contributed by atoms with E-state index in [0.717, 1.165) is 19.4 Å². The third-order valence-electron chi connectivity index (χ3n) is 3.25. The van der Waals surface area contributed by atoms with Gasteiger partial charge in [-0.15, -0.1) is 12.4 Å². The Bertz CT molecular complexity index is 454. The Hall–Kier alpha value is -1.40. The minimum atomic E-state index is -2.89. The van der Waals surface area contributed by atoms with Gasteiger partial charge in [0.2, 0.25) is 5.91 Å². The lowest BCUT2D eigenvalue weighted by Crippen LogP contribution is -2.37. The predicted octanol–water partition coefficient (Wildman–Crippen LogP) is 2.12. The molecule has 7 heteroatoms. The normalized spacial score (nSPS) is 17.4. The van der Waals surface area contributed by atoms with E-state index in [9.17, 15) is 13.6 Å². The predicted molar refractivity (Wildman–Crippen MR) is 78.1 cm³/mol. The van der Waals surface area contributed by atoms with Crippen LogP contribution in [-0.4, -0.2) is 31.7 Å². The van der Waals surface area contributed by atoms with E-state index >= 15 is 0 Å². The van der Waals surface area contributed by atoms with Gasteiger partial charge in [-0.1, -0.05) is 18.2 Å². The maximum Gasteiger partial charge on any atom is 0.387 e. The molecule has 21 heavy (non-hydrogen) atoms. The van der Waals surface area contributed by atoms with E-state index in [2.05, 4.69) is 15.4 Å². The van der Waals surface area contributed by atoms with Gasteiger partial charge in [0.05, 0.1) is 6.42 Å². The molecule has 1 aliphatic heterocycles. The van der Waals surface area contributed by atoms with E-state index in [1.54, 1.807) is 18.2 Å². The maximum atomic E-state index is 12.3. The molecule has 1 fully saturated rings. The lowest BCUT2D eigenvalue weighted by Gasteiger charge is -2.13. The van der Waals surface area contributed by atoms with Gasteiger partial charge < -0.3 is 15.4 Å². The summed E-state index contributed by atoms with van der Waals surface area (Å²) in [6, 6.07) is 6.66. The van der Waals surface area contributed by atoms with Crippen molar-refractivity contribution in [2.24, 2.45) is 0 Å². The topological polar surface area (TPSA) is 50.4 Å². The molecule has 118 valence electrons. The van der Waals surface area contributed by atoms with Gasteiger partial charge in [0.1, 0.15) is 5.75 Å². The van der Waals surface area contributed by atoms with E-state index < -0.39 is 6.61 Å². The monoisotopic (exact) mass is 320 g/mol. The highest BCUT2D eigenvalue weighted by Gasteiger charge is 2.16. The smallest absolute Gasteiger partial charge is 0.387 e. The molecular weight excluding hydrogens is 302 g/mol. The number of amides is 1. The standard InChI is InChI=1S/C14H18F2N2O2.ClH/c15-14(16)20-12-6-2-1-4-10(12)8-13(19)18-9-11-5-3-7-17-11;/h1-2,4,6,11,14,17H,3,5,7-9H2,(H,18,19);1H. The van der Waals surface area contributed by atoms with Gasteiger partial charge in [-0.25, -0.2) is 0 Å². The first-order valence-corrected chi connectivity index (χ1v) is 6.68. The SMILES string of the molecule is Cl.O=C(Cc1ccccc1OC(F)F)NCC1CCCN1. The third-order valence-corrected chi connectivity index (χ3v) is 3.25. The van der Waals surface area contributed by atoms with Gasteiger partial charge in [0.15, 0.2) is 0 Å². The van der Waals surface area contributed by atoms with Crippen molar-refractivity contribution in [1.82, 2.24) is 10.6 Å². The highest BCUT2D eigenvalue weighted by Crippen LogP contribution is 2.20. The molecule has 1 unspecified atom stereocenters. The molecule has 4 nitrogen and oxygen atoms in total. The van der Waals surface area contributed by atoms with Crippen molar-refractivity contribution in [2.45, 2.75) is 31.9 Å². The molecule has 2 N–H and O–H groups in total. The number of para-hydroxylation sites is 1. The van der Waals surface area contributed by atoms with Crippen molar-refractivity contribution in [1.29, 1.82) is 0 Å². The van der Waals surface area contributed by atoms with Crippen LogP contribution in [0.2, 0.25) is 0 Å². The van der Waals surface area contributed by atoms with Crippen LogP contribution in [0.4, 0.5) is 8.78 Å². The first-order valence-electron chi connectivity index (χ1n) is 6.68. The zero-order chi connectivity index (χ0) is 14.4. The average molecular weight is 321 g/mol. The van der Waals surface area contributed by atoms with Crippen molar-refractivity contribution in [3.63, 3.8) is 0 Å². The maximum absolute atomic E-state index is 12.3. The summed E-state index contributed by atoms with van der Waals surface area (Å²) in [5, 5.41) is 6.08. The molecule has 2 rings (SSSR count). The first kappa shape index (κ1) is 17.7. The largest absolute Gasteiger partial charge is 0.435 e. The number of rotatable bonds is 6. The second-order valence-corrected chi connectivity index (χ2v) is 4.76. The van der Waals surface area contributed by atoms with Crippen molar-refractivity contribution >= 4 is 18.3 Å². The number of hydrogen-bond donors (Lipinski definition) is 2. The number of nitrogens with one attached hydrogen (secondary N) is 2. The molecule has 1 heterocycles. The zero-order valence-corrected chi connectivity index (χ0v) is 12.3. The molecule has 1 aromatic rings. The van der Waals surface area contributed by atoms with Crippen LogP contribution in [0.1, 0.15) is 18.4 Å². The van der Waals surface area contributed by atoms with Crippen molar-refractivity contribution in [3.05, 3.63) is 29.8 Å². The first-order chi connectivity index (χ1) is 9.65. The molecule has 1 atom stereocenters. The van der Waals surface area contributed by atoms with Gasteiger partial charge >= 0.3 is 6.61 Å². The fraction of sp³-hybridized carbons (Fsp3) is 0.500. The summed E-state index contributed by atoms with van der Waals surface area (Å²) >= 11 is 0. The fourth-order valence-electron chi connectivity index (χ4n) is 2.26. The van der Waals surface area contributed by atoms with Gasteiger partial charge in [-0.3, -0.25) is 4.79 Å². The molecule has 0 bridgehead atoms. The molecule has 1 aliphatic rings. The lowest BCUT2D eigenvalue weighted by molar-refractivity contribution is -0.120. The van der Waals surface area contributed by atoms with E-state index in [-0.39, 0.29) is 30.5 Å². The van der Waals surface area contributed by atoms with Gasteiger partial charge in [-0.2, -0.15) is 8.78 Å². The second-order valence-electron chi connectivity index (χ2n) is 4.76. The number of carbonyl (C=O) groups is 1. The number of alkyl halides is 2. The molecule has 0 spiro atoms. The highest BCUT2D eigenvalue weighted by atomic mass is 35.5. The van der Waals surface area contributed by atoms with Gasteiger partial charge in [-0.05, 0) is 25.5 Å². The molecule has 1 amide bonds. The van der Waals surface area contributed by atoms with Crippen LogP contribution in [0.25, 0.3) is 0 Å².